The molecule has 1 aliphatic rings. The second-order valence-corrected chi connectivity index (χ2v) is 8.11. The van der Waals surface area contributed by atoms with Crippen LogP contribution in [0.4, 0.5) is 11.4 Å². The van der Waals surface area contributed by atoms with E-state index in [9.17, 15) is 24.5 Å². The minimum absolute atomic E-state index is 0.0795. The highest BCUT2D eigenvalue weighted by atomic mass is 32.2. The molecule has 1 aliphatic heterocycles. The smallest absolute Gasteiger partial charge is 0.269 e. The molecule has 0 aliphatic carbocycles. The molecule has 4 rings (SSSR count). The molecule has 0 bridgehead atoms. The summed E-state index contributed by atoms with van der Waals surface area (Å²) in [6, 6.07) is 19.3. The van der Waals surface area contributed by atoms with Crippen molar-refractivity contribution in [1.82, 2.24) is 4.90 Å². The van der Waals surface area contributed by atoms with Gasteiger partial charge in [-0.05, 0) is 48.5 Å². The maximum absolute atomic E-state index is 12.4. The topological polar surface area (TPSA) is 110 Å². The van der Waals surface area contributed by atoms with Crippen molar-refractivity contribution in [3.63, 3.8) is 0 Å². The number of amides is 3. The Balaban J connectivity index is 1.30. The Hall–Kier alpha value is -3.98. The minimum Gasteiger partial charge on any atom is -0.322 e. The maximum atomic E-state index is 12.4. The van der Waals surface area contributed by atoms with Gasteiger partial charge in [0.1, 0.15) is 0 Å². The maximum Gasteiger partial charge on any atom is 0.269 e. The Kier molecular flexibility index (Phi) is 6.00. The Morgan fingerprint density at radius 2 is 1.50 bits per heavy atom. The zero-order valence-electron chi connectivity index (χ0n) is 16.7. The summed E-state index contributed by atoms with van der Waals surface area (Å²) in [6.07, 6.45) is 0. The molecule has 3 aromatic carbocycles. The summed E-state index contributed by atoms with van der Waals surface area (Å²) in [5, 5.41) is 13.4. The van der Waals surface area contributed by atoms with Crippen molar-refractivity contribution in [2.75, 3.05) is 17.6 Å². The first-order valence-electron chi connectivity index (χ1n) is 9.68. The van der Waals surface area contributed by atoms with Crippen LogP contribution in [0, 0.1) is 10.1 Å². The molecule has 0 fully saturated rings. The average molecular weight is 447 g/mol. The molecule has 160 valence electrons. The van der Waals surface area contributed by atoms with Crippen LogP contribution in [-0.2, 0) is 0 Å². The fourth-order valence-electron chi connectivity index (χ4n) is 3.27. The van der Waals surface area contributed by atoms with E-state index in [1.54, 1.807) is 36.4 Å². The number of hydrogen-bond donors (Lipinski definition) is 1. The molecule has 8 nitrogen and oxygen atoms in total. The van der Waals surface area contributed by atoms with Gasteiger partial charge in [0.15, 0.2) is 0 Å². The van der Waals surface area contributed by atoms with Crippen molar-refractivity contribution in [2.45, 2.75) is 4.90 Å². The second-order valence-electron chi connectivity index (χ2n) is 6.94. The van der Waals surface area contributed by atoms with Gasteiger partial charge in [-0.2, -0.15) is 0 Å². The van der Waals surface area contributed by atoms with Gasteiger partial charge in [-0.1, -0.05) is 12.1 Å². The number of fused-ring (bicyclic) bond motifs is 1. The van der Waals surface area contributed by atoms with Crippen molar-refractivity contribution in [1.29, 1.82) is 0 Å². The quantitative estimate of drug-likeness (QED) is 0.251. The number of rotatable bonds is 7. The van der Waals surface area contributed by atoms with Crippen LogP contribution < -0.4 is 5.32 Å². The normalized spacial score (nSPS) is 12.6. The predicted molar refractivity (Wildman–Crippen MR) is 120 cm³/mol. The monoisotopic (exact) mass is 447 g/mol. The lowest BCUT2D eigenvalue weighted by molar-refractivity contribution is -0.384. The van der Waals surface area contributed by atoms with Crippen LogP contribution in [0.5, 0.6) is 0 Å². The van der Waals surface area contributed by atoms with Crippen molar-refractivity contribution in [3.8, 4) is 0 Å². The summed E-state index contributed by atoms with van der Waals surface area (Å²) >= 11 is 1.50. The lowest BCUT2D eigenvalue weighted by Crippen LogP contribution is -2.31. The molecule has 1 N–H and O–H groups in total. The van der Waals surface area contributed by atoms with Gasteiger partial charge in [-0.25, -0.2) is 0 Å². The third kappa shape index (κ3) is 4.37. The molecule has 0 atom stereocenters. The summed E-state index contributed by atoms with van der Waals surface area (Å²) in [7, 11) is 0. The molecule has 0 saturated carbocycles. The fraction of sp³-hybridized carbons (Fsp3) is 0.0870. The molecule has 3 aromatic rings. The third-order valence-corrected chi connectivity index (χ3v) is 5.91. The van der Waals surface area contributed by atoms with Crippen LogP contribution in [-0.4, -0.2) is 39.8 Å². The van der Waals surface area contributed by atoms with Gasteiger partial charge in [-0.3, -0.25) is 29.4 Å². The first-order chi connectivity index (χ1) is 15.4. The number of non-ortho nitro benzene ring substituents is 1. The first kappa shape index (κ1) is 21.3. The molecule has 0 spiro atoms. The van der Waals surface area contributed by atoms with Gasteiger partial charge in [0.25, 0.3) is 23.4 Å². The van der Waals surface area contributed by atoms with E-state index in [1.165, 1.54) is 40.9 Å². The third-order valence-electron chi connectivity index (χ3n) is 4.91. The predicted octanol–water partition coefficient (Wildman–Crippen LogP) is 4.24. The number of benzene rings is 3. The number of nitro benzene ring substituents is 1. The Morgan fingerprint density at radius 1 is 0.906 bits per heavy atom. The van der Waals surface area contributed by atoms with E-state index < -0.39 is 4.92 Å². The number of carbonyl (C=O) groups is 3. The molecule has 0 saturated heterocycles. The molecular formula is C23H17N3O5S. The SMILES string of the molecule is O=C(Nc1ccc(SCCN2C(=O)c3ccccc3C2=O)cc1)c1ccc([N+](=O)[O-])cc1. The molecular weight excluding hydrogens is 430 g/mol. The van der Waals surface area contributed by atoms with E-state index in [-0.39, 0.29) is 23.4 Å². The number of hydrogen-bond acceptors (Lipinski definition) is 6. The molecule has 0 unspecified atom stereocenters. The van der Waals surface area contributed by atoms with Crippen LogP contribution >= 0.6 is 11.8 Å². The number of anilines is 1. The summed E-state index contributed by atoms with van der Waals surface area (Å²) in [4.78, 5) is 49.4. The lowest BCUT2D eigenvalue weighted by Gasteiger charge is -2.13. The second kappa shape index (κ2) is 9.03. The van der Waals surface area contributed by atoms with Crippen LogP contribution in [0.1, 0.15) is 31.1 Å². The van der Waals surface area contributed by atoms with Crippen LogP contribution in [0.2, 0.25) is 0 Å². The largest absolute Gasteiger partial charge is 0.322 e. The number of imide groups is 1. The molecule has 1 heterocycles. The summed E-state index contributed by atoms with van der Waals surface area (Å²) in [5.74, 6) is -0.364. The lowest BCUT2D eigenvalue weighted by atomic mass is 10.1. The standard InChI is InChI=1S/C23H17N3O5S/c27-21(15-5-9-17(10-6-15)26(30)31)24-16-7-11-18(12-8-16)32-14-13-25-22(28)19-3-1-2-4-20(19)23(25)29/h1-12H,13-14H2,(H,24,27). The van der Waals surface area contributed by atoms with Crippen LogP contribution in [0.3, 0.4) is 0 Å². The molecule has 3 amide bonds. The zero-order chi connectivity index (χ0) is 22.7. The fourth-order valence-corrected chi connectivity index (χ4v) is 4.11. The summed E-state index contributed by atoms with van der Waals surface area (Å²) in [6.45, 7) is 0.301. The number of nitrogens with one attached hydrogen (secondary N) is 1. The Morgan fingerprint density at radius 3 is 2.06 bits per heavy atom. The van der Waals surface area contributed by atoms with E-state index in [0.717, 1.165) is 4.90 Å². The minimum atomic E-state index is -0.521. The summed E-state index contributed by atoms with van der Waals surface area (Å²) < 4.78 is 0. The van der Waals surface area contributed by atoms with E-state index in [1.807, 2.05) is 12.1 Å². The van der Waals surface area contributed by atoms with Gasteiger partial charge in [0, 0.05) is 40.6 Å². The van der Waals surface area contributed by atoms with E-state index in [0.29, 0.717) is 34.7 Å². The van der Waals surface area contributed by atoms with Gasteiger partial charge < -0.3 is 5.32 Å². The Labute approximate surface area is 187 Å². The van der Waals surface area contributed by atoms with Crippen molar-refractivity contribution >= 4 is 40.9 Å². The molecule has 0 aromatic heterocycles. The number of carbonyl (C=O) groups excluding carboxylic acids is 3. The molecule has 32 heavy (non-hydrogen) atoms. The highest BCUT2D eigenvalue weighted by Crippen LogP contribution is 2.25. The first-order valence-corrected chi connectivity index (χ1v) is 10.7. The average Bonchev–Trinajstić information content (AvgIpc) is 3.05. The van der Waals surface area contributed by atoms with Gasteiger partial charge in [-0.15, -0.1) is 11.8 Å². The van der Waals surface area contributed by atoms with Crippen molar-refractivity contribution in [3.05, 3.63) is 99.6 Å². The van der Waals surface area contributed by atoms with E-state index >= 15 is 0 Å². The van der Waals surface area contributed by atoms with Gasteiger partial charge in [0.05, 0.1) is 16.1 Å². The van der Waals surface area contributed by atoms with E-state index in [2.05, 4.69) is 5.32 Å². The number of nitrogens with zero attached hydrogens (tertiary/aromatic N) is 2. The van der Waals surface area contributed by atoms with Gasteiger partial charge >= 0.3 is 0 Å². The highest BCUT2D eigenvalue weighted by molar-refractivity contribution is 7.99. The molecule has 9 heteroatoms. The van der Waals surface area contributed by atoms with Gasteiger partial charge in [0.2, 0.25) is 0 Å². The van der Waals surface area contributed by atoms with Crippen LogP contribution in [0.25, 0.3) is 0 Å². The number of thioether (sulfide) groups is 1. The Bertz CT molecular complexity index is 1170. The summed E-state index contributed by atoms with van der Waals surface area (Å²) in [5.41, 5.74) is 1.70. The van der Waals surface area contributed by atoms with E-state index in [4.69, 9.17) is 0 Å². The zero-order valence-corrected chi connectivity index (χ0v) is 17.5. The van der Waals surface area contributed by atoms with Crippen LogP contribution in [0.15, 0.2) is 77.7 Å². The number of nitro groups is 1. The van der Waals surface area contributed by atoms with Crippen molar-refractivity contribution < 1.29 is 19.3 Å². The van der Waals surface area contributed by atoms with Crippen molar-refractivity contribution in [2.24, 2.45) is 0 Å². The highest BCUT2D eigenvalue weighted by Gasteiger charge is 2.34. The molecule has 0 radical (unpaired) electrons.